The maximum atomic E-state index is 13.4. The zero-order valence-electron chi connectivity index (χ0n) is 45.9. The molecule has 0 bridgehead atoms. The fourth-order valence-corrected chi connectivity index (χ4v) is 10.6. The summed E-state index contributed by atoms with van der Waals surface area (Å²) in [6.07, 6.45) is 1.86. The number of benzene rings is 10. The molecule has 10 aromatic carbocycles. The number of para-hydroxylation sites is 4. The SMILES string of the molecule is CC(C)(C)c1ccccc1-n1c(-c2[c-]cc(F)cc2)nc2ccccc21.[2H]C([2H])([2H])c1cc(C([2H])([2H])[2H])c2oc3c(-c4cc5c(cn4)c4ccccc4n5-c4ccc5c6ccccc6c6ccccc6c5c4)[c-]ccc3c2c1.[Ir]. The third-order valence-corrected chi connectivity index (χ3v) is 13.9. The number of halogens is 1. The Hall–Kier alpha value is -8.22. The van der Waals surface area contributed by atoms with Crippen LogP contribution in [0.5, 0.6) is 0 Å². The zero-order valence-corrected chi connectivity index (χ0v) is 42.3. The molecule has 0 fully saturated rings. The molecule has 5 nitrogen and oxygen atoms in total. The molecule has 4 aromatic heterocycles. The number of imidazole rings is 1. The normalized spacial score (nSPS) is 13.4. The number of nitrogens with zero attached hydrogens (tertiary/aromatic N) is 4. The number of hydrogen-bond acceptors (Lipinski definition) is 3. The topological polar surface area (TPSA) is 48.8 Å². The Balaban J connectivity index is 0.000000194. The van der Waals surface area contributed by atoms with Gasteiger partial charge in [0.15, 0.2) is 0 Å². The summed E-state index contributed by atoms with van der Waals surface area (Å²) in [5.41, 5.74) is 9.44. The molecule has 0 N–H and O–H groups in total. The van der Waals surface area contributed by atoms with Gasteiger partial charge in [-0.1, -0.05) is 153 Å². The van der Waals surface area contributed by atoms with Crippen molar-refractivity contribution in [2.45, 2.75) is 39.9 Å². The largest absolute Gasteiger partial charge is 0.500 e. The van der Waals surface area contributed by atoms with Gasteiger partial charge in [0.05, 0.1) is 28.0 Å². The number of hydrogen-bond donors (Lipinski definition) is 0. The number of furan rings is 1. The average molecular weight is 1130 g/mol. The summed E-state index contributed by atoms with van der Waals surface area (Å²) >= 11 is 0. The van der Waals surface area contributed by atoms with E-state index in [1.54, 1.807) is 18.2 Å². The van der Waals surface area contributed by atoms with Crippen molar-refractivity contribution in [3.05, 3.63) is 229 Å². The van der Waals surface area contributed by atoms with Crippen LogP contribution in [-0.4, -0.2) is 19.1 Å². The van der Waals surface area contributed by atoms with E-state index >= 15 is 0 Å². The van der Waals surface area contributed by atoms with E-state index in [0.717, 1.165) is 61.0 Å². The summed E-state index contributed by atoms with van der Waals surface area (Å²) in [5.74, 6) is 0.467. The second-order valence-corrected chi connectivity index (χ2v) is 19.3. The fourth-order valence-electron chi connectivity index (χ4n) is 10.6. The van der Waals surface area contributed by atoms with Crippen molar-refractivity contribution in [3.63, 3.8) is 0 Å². The minimum Gasteiger partial charge on any atom is -0.500 e. The first-order valence-electron chi connectivity index (χ1n) is 26.9. The van der Waals surface area contributed by atoms with Crippen LogP contribution < -0.4 is 0 Å². The van der Waals surface area contributed by atoms with Gasteiger partial charge in [-0.05, 0) is 111 Å². The summed E-state index contributed by atoms with van der Waals surface area (Å²) in [4.78, 5) is 9.72. The quantitative estimate of drug-likeness (QED) is 0.130. The first-order valence-corrected chi connectivity index (χ1v) is 23.9. The molecule has 14 rings (SSSR count). The predicted molar refractivity (Wildman–Crippen MR) is 296 cm³/mol. The second kappa shape index (κ2) is 17.8. The fraction of sp³-hybridized carbons (Fsp3) is 0.0909. The molecule has 0 aliphatic heterocycles. The van der Waals surface area contributed by atoms with Gasteiger partial charge in [-0.15, -0.1) is 48.0 Å². The van der Waals surface area contributed by atoms with Gasteiger partial charge in [-0.3, -0.25) is 9.37 Å². The Morgan fingerprint density at radius 3 is 1.97 bits per heavy atom. The number of aryl methyl sites for hydroxylation is 2. The molecule has 7 heteroatoms. The monoisotopic (exact) mass is 1130 g/mol. The van der Waals surface area contributed by atoms with E-state index in [9.17, 15) is 4.39 Å². The molecule has 14 aromatic rings. The summed E-state index contributed by atoms with van der Waals surface area (Å²) < 4.78 is 72.8. The molecule has 355 valence electrons. The predicted octanol–water partition coefficient (Wildman–Crippen LogP) is 17.5. The smallest absolute Gasteiger partial charge is 0.123 e. The molecule has 0 aliphatic rings. The van der Waals surface area contributed by atoms with Crippen LogP contribution in [0.25, 0.3) is 121 Å². The molecule has 0 amide bonds. The van der Waals surface area contributed by atoms with Gasteiger partial charge in [-0.25, -0.2) is 0 Å². The van der Waals surface area contributed by atoms with Crippen LogP contribution in [-0.2, 0) is 25.5 Å². The van der Waals surface area contributed by atoms with Crippen LogP contribution in [0.3, 0.4) is 0 Å². The third kappa shape index (κ3) is 7.62. The van der Waals surface area contributed by atoms with Gasteiger partial charge in [0.1, 0.15) is 5.58 Å². The Morgan fingerprint density at radius 2 is 1.25 bits per heavy atom. The summed E-state index contributed by atoms with van der Waals surface area (Å²) in [7, 11) is 0. The molecule has 0 aliphatic carbocycles. The van der Waals surface area contributed by atoms with Crippen molar-refractivity contribution >= 4 is 87.1 Å². The van der Waals surface area contributed by atoms with Crippen LogP contribution in [0, 0.1) is 31.7 Å². The number of rotatable bonds is 4. The van der Waals surface area contributed by atoms with E-state index < -0.39 is 13.7 Å². The van der Waals surface area contributed by atoms with E-state index in [-0.39, 0.29) is 48.0 Å². The molecule has 73 heavy (non-hydrogen) atoms. The van der Waals surface area contributed by atoms with Crippen LogP contribution in [0.4, 0.5) is 4.39 Å². The van der Waals surface area contributed by atoms with Gasteiger partial charge in [0.25, 0.3) is 0 Å². The number of aromatic nitrogens is 4. The third-order valence-electron chi connectivity index (χ3n) is 13.9. The maximum absolute atomic E-state index is 13.4. The minimum absolute atomic E-state index is 0. The van der Waals surface area contributed by atoms with Crippen LogP contribution in [0.15, 0.2) is 199 Å². The van der Waals surface area contributed by atoms with Gasteiger partial charge in [0, 0.05) is 73.4 Å². The van der Waals surface area contributed by atoms with Crippen LogP contribution in [0.1, 0.15) is 45.7 Å². The van der Waals surface area contributed by atoms with E-state index in [1.807, 2.05) is 48.7 Å². The van der Waals surface area contributed by atoms with Crippen LogP contribution in [0.2, 0.25) is 0 Å². The van der Waals surface area contributed by atoms with Crippen molar-refractivity contribution in [2.24, 2.45) is 0 Å². The van der Waals surface area contributed by atoms with E-state index in [2.05, 4.69) is 145 Å². The summed E-state index contributed by atoms with van der Waals surface area (Å²) in [6, 6.07) is 67.5. The molecule has 0 saturated carbocycles. The van der Waals surface area contributed by atoms with E-state index in [4.69, 9.17) is 22.6 Å². The van der Waals surface area contributed by atoms with Crippen molar-refractivity contribution in [3.8, 4) is 34.0 Å². The Bertz CT molecular complexity index is 4690. The first-order chi connectivity index (χ1) is 37.5. The molecular weight excluding hydrogens is 1080 g/mol. The standard InChI is InChI=1S/C43H27N2O.C23H20FN2.Ir/c1-25-20-26(2)42-37(21-25)34-15-9-16-35(43(34)46-42)39-23-41-38(24-44-39)33-14-7-8-17-40(33)45(41)27-18-19-32-30-12-4-3-10-28(30)29-11-5-6-13-31(29)36(32)22-27;1-23(2,3)18-8-4-6-10-20(18)26-21-11-7-5-9-19(21)25-22(26)16-12-14-17(24)15-13-16;/h3-15,17-24H,1-2H3;4-12,14-15H,1-3H3;/q2*-1;/i1D3,2D3;;. The second-order valence-electron chi connectivity index (χ2n) is 19.3. The van der Waals surface area contributed by atoms with Gasteiger partial charge < -0.3 is 18.5 Å². The Labute approximate surface area is 444 Å². The minimum atomic E-state index is -2.59. The molecule has 0 unspecified atom stereocenters. The molecule has 0 spiro atoms. The Morgan fingerprint density at radius 1 is 0.562 bits per heavy atom. The molecule has 0 saturated heterocycles. The van der Waals surface area contributed by atoms with Crippen molar-refractivity contribution in [1.82, 2.24) is 19.1 Å². The molecule has 4 heterocycles. The van der Waals surface area contributed by atoms with Gasteiger partial charge in [-0.2, -0.15) is 0 Å². The summed E-state index contributed by atoms with van der Waals surface area (Å²) in [6.45, 7) is 1.52. The molecule has 1 radical (unpaired) electrons. The molecule has 0 atom stereocenters. The number of fused-ring (bicyclic) bond motifs is 13. The van der Waals surface area contributed by atoms with Gasteiger partial charge >= 0.3 is 0 Å². The van der Waals surface area contributed by atoms with Crippen LogP contribution >= 0.6 is 0 Å². The first kappa shape index (κ1) is 39.4. The Kier molecular flexibility index (Phi) is 9.62. The van der Waals surface area contributed by atoms with E-state index in [0.29, 0.717) is 27.6 Å². The van der Waals surface area contributed by atoms with Gasteiger partial charge in [0.2, 0.25) is 0 Å². The van der Waals surface area contributed by atoms with Crippen molar-refractivity contribution in [1.29, 1.82) is 0 Å². The van der Waals surface area contributed by atoms with Crippen molar-refractivity contribution < 1.29 is 37.1 Å². The molecular formula is C66H47FIrN4O-2. The van der Waals surface area contributed by atoms with Crippen molar-refractivity contribution in [2.75, 3.05) is 0 Å². The summed E-state index contributed by atoms with van der Waals surface area (Å²) in [5, 5.41) is 10.2. The maximum Gasteiger partial charge on any atom is 0.123 e. The zero-order chi connectivity index (χ0) is 53.8. The average Bonchev–Trinajstić information content (AvgIpc) is 4.12. The number of pyridine rings is 1. The van der Waals surface area contributed by atoms with E-state index in [1.165, 1.54) is 56.8 Å².